The van der Waals surface area contributed by atoms with Gasteiger partial charge in [0.15, 0.2) is 11.5 Å². The number of Topliss-reactive ketones (excluding diaryl/α,β-unsaturated/α-hetero) is 1. The first-order valence-corrected chi connectivity index (χ1v) is 10.7. The van der Waals surface area contributed by atoms with Crippen LogP contribution in [0.4, 0.5) is 5.69 Å². The average molecular weight is 460 g/mol. The molecule has 28 heavy (non-hydrogen) atoms. The van der Waals surface area contributed by atoms with Gasteiger partial charge in [0, 0.05) is 4.47 Å². The van der Waals surface area contributed by atoms with Gasteiger partial charge in [-0.25, -0.2) is 8.42 Å². The summed E-state index contributed by atoms with van der Waals surface area (Å²) in [6.07, 6.45) is 0. The minimum absolute atomic E-state index is 0.126. The second kappa shape index (κ2) is 8.58. The maximum absolute atomic E-state index is 12.7. The zero-order chi connectivity index (χ0) is 20.1. The van der Waals surface area contributed by atoms with Crippen molar-refractivity contribution < 1.29 is 17.9 Å². The SMILES string of the molecule is CC(=O)c1cccc(NS(=O)(=O)c2ccccc2)c1OCc1cccc(Br)c1. The molecule has 3 aromatic carbocycles. The molecule has 0 aliphatic heterocycles. The first-order valence-electron chi connectivity index (χ1n) is 8.46. The minimum Gasteiger partial charge on any atom is -0.486 e. The number of halogens is 1. The van der Waals surface area contributed by atoms with Crippen LogP contribution in [0.15, 0.2) is 82.2 Å². The highest BCUT2D eigenvalue weighted by Crippen LogP contribution is 2.32. The molecule has 144 valence electrons. The molecule has 5 nitrogen and oxygen atoms in total. The van der Waals surface area contributed by atoms with Gasteiger partial charge in [0.25, 0.3) is 10.0 Å². The molecule has 0 spiro atoms. The predicted octanol–water partition coefficient (Wildman–Crippen LogP) is 5.03. The first-order chi connectivity index (χ1) is 13.4. The Morgan fingerprint density at radius 1 is 1.00 bits per heavy atom. The van der Waals surface area contributed by atoms with Gasteiger partial charge < -0.3 is 4.74 Å². The first kappa shape index (κ1) is 20.1. The van der Waals surface area contributed by atoms with Gasteiger partial charge in [0.1, 0.15) is 6.61 Å². The summed E-state index contributed by atoms with van der Waals surface area (Å²) in [5.74, 6) is -0.0144. The highest BCUT2D eigenvalue weighted by Gasteiger charge is 2.20. The molecule has 1 N–H and O–H groups in total. The summed E-state index contributed by atoms with van der Waals surface area (Å²) in [7, 11) is -3.82. The van der Waals surface area contributed by atoms with Gasteiger partial charge in [-0.3, -0.25) is 9.52 Å². The van der Waals surface area contributed by atoms with Crippen molar-refractivity contribution in [2.75, 3.05) is 4.72 Å². The molecule has 0 amide bonds. The molecule has 0 saturated carbocycles. The maximum atomic E-state index is 12.7. The second-order valence-corrected chi connectivity index (χ2v) is 8.67. The van der Waals surface area contributed by atoms with E-state index in [9.17, 15) is 13.2 Å². The van der Waals surface area contributed by atoms with E-state index in [2.05, 4.69) is 20.7 Å². The van der Waals surface area contributed by atoms with E-state index in [0.29, 0.717) is 5.56 Å². The highest BCUT2D eigenvalue weighted by atomic mass is 79.9. The molecular formula is C21H18BrNO4S. The van der Waals surface area contributed by atoms with E-state index in [0.717, 1.165) is 10.0 Å². The molecular weight excluding hydrogens is 442 g/mol. The van der Waals surface area contributed by atoms with Gasteiger partial charge in [-0.05, 0) is 48.9 Å². The number of para-hydroxylation sites is 1. The summed E-state index contributed by atoms with van der Waals surface area (Å²) in [6, 6.07) is 20.4. The van der Waals surface area contributed by atoms with E-state index in [1.807, 2.05) is 24.3 Å². The molecule has 3 aromatic rings. The number of ketones is 1. The van der Waals surface area contributed by atoms with Crippen molar-refractivity contribution in [3.63, 3.8) is 0 Å². The highest BCUT2D eigenvalue weighted by molar-refractivity contribution is 9.10. The summed E-state index contributed by atoms with van der Waals surface area (Å²) < 4.78 is 34.7. The normalized spacial score (nSPS) is 11.1. The molecule has 0 saturated heterocycles. The maximum Gasteiger partial charge on any atom is 0.262 e. The number of hydrogen-bond acceptors (Lipinski definition) is 4. The predicted molar refractivity (Wildman–Crippen MR) is 112 cm³/mol. The summed E-state index contributed by atoms with van der Waals surface area (Å²) in [4.78, 5) is 12.2. The third-order valence-electron chi connectivity index (χ3n) is 3.96. The van der Waals surface area contributed by atoms with E-state index in [-0.39, 0.29) is 28.7 Å². The number of benzene rings is 3. The molecule has 0 atom stereocenters. The Hall–Kier alpha value is -2.64. The Labute approximate surface area is 172 Å². The molecule has 7 heteroatoms. The number of anilines is 1. The quantitative estimate of drug-likeness (QED) is 0.502. The number of nitrogens with one attached hydrogen (secondary N) is 1. The molecule has 0 bridgehead atoms. The van der Waals surface area contributed by atoms with Crippen LogP contribution in [0, 0.1) is 0 Å². The van der Waals surface area contributed by atoms with E-state index in [1.54, 1.807) is 36.4 Å². The second-order valence-electron chi connectivity index (χ2n) is 6.08. The van der Waals surface area contributed by atoms with Crippen LogP contribution in [0.5, 0.6) is 5.75 Å². The summed E-state index contributed by atoms with van der Waals surface area (Å²) in [6.45, 7) is 1.60. The van der Waals surface area contributed by atoms with Crippen LogP contribution in [-0.2, 0) is 16.6 Å². The van der Waals surface area contributed by atoms with E-state index in [4.69, 9.17) is 4.74 Å². The topological polar surface area (TPSA) is 72.5 Å². The van der Waals surface area contributed by atoms with Gasteiger partial charge in [-0.2, -0.15) is 0 Å². The lowest BCUT2D eigenvalue weighted by Crippen LogP contribution is -2.15. The van der Waals surface area contributed by atoms with E-state index < -0.39 is 10.0 Å². The summed E-state index contributed by atoms with van der Waals surface area (Å²) in [5.41, 5.74) is 1.40. The number of rotatable bonds is 7. The van der Waals surface area contributed by atoms with Crippen LogP contribution >= 0.6 is 15.9 Å². The van der Waals surface area contributed by atoms with Gasteiger partial charge in [-0.15, -0.1) is 0 Å². The van der Waals surface area contributed by atoms with Crippen LogP contribution in [-0.4, -0.2) is 14.2 Å². The smallest absolute Gasteiger partial charge is 0.262 e. The Morgan fingerprint density at radius 2 is 1.71 bits per heavy atom. The molecule has 0 radical (unpaired) electrons. The molecule has 0 aromatic heterocycles. The average Bonchev–Trinajstić information content (AvgIpc) is 2.67. The fourth-order valence-electron chi connectivity index (χ4n) is 2.64. The monoisotopic (exact) mass is 459 g/mol. The molecule has 0 heterocycles. The fraction of sp³-hybridized carbons (Fsp3) is 0.0952. The van der Waals surface area contributed by atoms with Crippen LogP contribution < -0.4 is 9.46 Å². The third-order valence-corrected chi connectivity index (χ3v) is 5.84. The van der Waals surface area contributed by atoms with Crippen LogP contribution in [0.3, 0.4) is 0 Å². The Balaban J connectivity index is 1.95. The lowest BCUT2D eigenvalue weighted by atomic mass is 10.1. The third kappa shape index (κ3) is 4.79. The van der Waals surface area contributed by atoms with E-state index in [1.165, 1.54) is 19.1 Å². The standard InChI is InChI=1S/C21H18BrNO4S/c1-15(24)19-11-6-12-20(23-28(25,26)18-9-3-2-4-10-18)21(19)27-14-16-7-5-8-17(22)13-16/h2-13,23H,14H2,1H3. The Bertz CT molecular complexity index is 1100. The lowest BCUT2D eigenvalue weighted by molar-refractivity contribution is 0.101. The number of carbonyl (C=O) groups is 1. The van der Waals surface area contributed by atoms with Crippen molar-refractivity contribution in [1.82, 2.24) is 0 Å². The molecule has 3 rings (SSSR count). The zero-order valence-electron chi connectivity index (χ0n) is 15.1. The summed E-state index contributed by atoms with van der Waals surface area (Å²) in [5, 5.41) is 0. The molecule has 0 fully saturated rings. The van der Waals surface area contributed by atoms with Crippen molar-refractivity contribution in [3.05, 3.63) is 88.4 Å². The van der Waals surface area contributed by atoms with Crippen molar-refractivity contribution in [2.24, 2.45) is 0 Å². The number of hydrogen-bond donors (Lipinski definition) is 1. The van der Waals surface area contributed by atoms with Gasteiger partial charge >= 0.3 is 0 Å². The van der Waals surface area contributed by atoms with Crippen molar-refractivity contribution in [3.8, 4) is 5.75 Å². The summed E-state index contributed by atoms with van der Waals surface area (Å²) >= 11 is 3.40. The van der Waals surface area contributed by atoms with Crippen molar-refractivity contribution in [2.45, 2.75) is 18.4 Å². The number of sulfonamides is 1. The minimum atomic E-state index is -3.82. The fourth-order valence-corrected chi connectivity index (χ4v) is 4.17. The van der Waals surface area contributed by atoms with Crippen molar-refractivity contribution in [1.29, 1.82) is 0 Å². The Kier molecular flexibility index (Phi) is 6.16. The number of carbonyl (C=O) groups excluding carboxylic acids is 1. The van der Waals surface area contributed by atoms with Gasteiger partial charge in [0.05, 0.1) is 16.1 Å². The Morgan fingerprint density at radius 3 is 2.39 bits per heavy atom. The lowest BCUT2D eigenvalue weighted by Gasteiger charge is -2.16. The van der Waals surface area contributed by atoms with Crippen LogP contribution in [0.2, 0.25) is 0 Å². The zero-order valence-corrected chi connectivity index (χ0v) is 17.5. The van der Waals surface area contributed by atoms with Crippen LogP contribution in [0.25, 0.3) is 0 Å². The molecule has 0 aliphatic carbocycles. The van der Waals surface area contributed by atoms with E-state index >= 15 is 0 Å². The molecule has 0 aliphatic rings. The van der Waals surface area contributed by atoms with Crippen molar-refractivity contribution >= 4 is 37.4 Å². The molecule has 0 unspecified atom stereocenters. The van der Waals surface area contributed by atoms with Crippen LogP contribution in [0.1, 0.15) is 22.8 Å². The van der Waals surface area contributed by atoms with Gasteiger partial charge in [-0.1, -0.05) is 52.3 Å². The largest absolute Gasteiger partial charge is 0.486 e. The van der Waals surface area contributed by atoms with Gasteiger partial charge in [0.2, 0.25) is 0 Å². The number of ether oxygens (including phenoxy) is 1.